The maximum absolute atomic E-state index is 14.3. The normalized spacial score (nSPS) is 13.0. The predicted octanol–water partition coefficient (Wildman–Crippen LogP) is 2.62. The molecule has 1 aromatic carbocycles. The Bertz CT molecular complexity index is 672. The number of nitrogens with two attached hydrogens (primary N) is 1. The van der Waals surface area contributed by atoms with Gasteiger partial charge in [-0.25, -0.2) is 4.39 Å². The first-order chi connectivity index (χ1) is 11.0. The van der Waals surface area contributed by atoms with Gasteiger partial charge in [0.2, 0.25) is 11.8 Å². The van der Waals surface area contributed by atoms with Crippen LogP contribution in [0.5, 0.6) is 5.75 Å². The fraction of sp³-hybridized carbons (Fsp3) is 0.412. The van der Waals surface area contributed by atoms with E-state index in [9.17, 15) is 14.3 Å². The summed E-state index contributed by atoms with van der Waals surface area (Å²) >= 11 is 0. The highest BCUT2D eigenvalue weighted by atomic mass is 19.1. The van der Waals surface area contributed by atoms with Crippen LogP contribution >= 0.6 is 0 Å². The first-order valence-corrected chi connectivity index (χ1v) is 7.53. The molecule has 132 valence electrons. The lowest BCUT2D eigenvalue weighted by Crippen LogP contribution is -2.26. The second-order valence-electron chi connectivity index (χ2n) is 5.90. The van der Waals surface area contributed by atoms with Gasteiger partial charge in [0.05, 0.1) is 5.69 Å². The van der Waals surface area contributed by atoms with E-state index in [1.54, 1.807) is 6.92 Å². The molecule has 0 spiro atoms. The van der Waals surface area contributed by atoms with Crippen LogP contribution < -0.4 is 15.8 Å². The largest absolute Gasteiger partial charge is 0.439 e. The van der Waals surface area contributed by atoms with E-state index in [-0.39, 0.29) is 34.7 Å². The molecule has 0 saturated carbocycles. The number of rotatable bonds is 5. The van der Waals surface area contributed by atoms with Gasteiger partial charge in [0.15, 0.2) is 5.82 Å². The quantitative estimate of drug-likeness (QED) is 0.376. The minimum Gasteiger partial charge on any atom is -0.439 e. The fourth-order valence-corrected chi connectivity index (χ4v) is 2.26. The molecule has 6 nitrogen and oxygen atoms in total. The summed E-state index contributed by atoms with van der Waals surface area (Å²) in [4.78, 5) is 11.1. The number of aryl methyl sites for hydroxylation is 1. The van der Waals surface area contributed by atoms with Crippen LogP contribution in [0.1, 0.15) is 31.9 Å². The van der Waals surface area contributed by atoms with Gasteiger partial charge in [0.25, 0.3) is 0 Å². The predicted molar refractivity (Wildman–Crippen MR) is 91.6 cm³/mol. The Kier molecular flexibility index (Phi) is 6.62. The van der Waals surface area contributed by atoms with Gasteiger partial charge in [0, 0.05) is 18.6 Å². The molecule has 24 heavy (non-hydrogen) atoms. The number of hydrogen-bond donors (Lipinski definition) is 4. The zero-order valence-corrected chi connectivity index (χ0v) is 14.5. The molecule has 0 aliphatic heterocycles. The Morgan fingerprint density at radius 3 is 2.50 bits per heavy atom. The highest BCUT2D eigenvalue weighted by Crippen LogP contribution is 2.31. The number of benzene rings is 1. The van der Waals surface area contributed by atoms with Crippen LogP contribution in [0.4, 0.5) is 10.1 Å². The van der Waals surface area contributed by atoms with E-state index in [0.717, 1.165) is 0 Å². The van der Waals surface area contributed by atoms with Crippen molar-refractivity contribution in [1.82, 2.24) is 0 Å². The highest BCUT2D eigenvalue weighted by molar-refractivity contribution is 5.90. The van der Waals surface area contributed by atoms with E-state index in [2.05, 4.69) is 5.32 Å². The number of aliphatic hydroxyl groups is 1. The second-order valence-corrected chi connectivity index (χ2v) is 5.90. The van der Waals surface area contributed by atoms with E-state index in [1.165, 1.54) is 26.0 Å². The van der Waals surface area contributed by atoms with Crippen molar-refractivity contribution in [3.63, 3.8) is 0 Å². The molecule has 0 bridgehead atoms. The van der Waals surface area contributed by atoms with E-state index in [4.69, 9.17) is 15.9 Å². The number of hydrogen-bond acceptors (Lipinski definition) is 5. The van der Waals surface area contributed by atoms with Gasteiger partial charge >= 0.3 is 0 Å². The summed E-state index contributed by atoms with van der Waals surface area (Å²) in [6.07, 6.45) is 0.128. The lowest BCUT2D eigenvalue weighted by molar-refractivity contribution is -0.114. The van der Waals surface area contributed by atoms with Crippen LogP contribution in [-0.2, 0) is 4.79 Å². The van der Waals surface area contributed by atoms with E-state index < -0.39 is 12.0 Å². The van der Waals surface area contributed by atoms with Crippen molar-refractivity contribution < 1.29 is 19.0 Å². The van der Waals surface area contributed by atoms with Crippen molar-refractivity contribution in [2.24, 2.45) is 11.7 Å². The summed E-state index contributed by atoms with van der Waals surface area (Å²) in [5.74, 6) is -1.14. The van der Waals surface area contributed by atoms with Crippen LogP contribution in [0.15, 0.2) is 17.7 Å². The third-order valence-electron chi connectivity index (χ3n) is 3.45. The summed E-state index contributed by atoms with van der Waals surface area (Å²) in [5.41, 5.74) is 6.70. The monoisotopic (exact) mass is 337 g/mol. The van der Waals surface area contributed by atoms with Gasteiger partial charge in [-0.05, 0) is 37.0 Å². The maximum atomic E-state index is 14.3. The molecular formula is C17H24FN3O3. The van der Waals surface area contributed by atoms with Crippen LogP contribution in [-0.4, -0.2) is 23.1 Å². The van der Waals surface area contributed by atoms with Crippen LogP contribution in [0, 0.1) is 31.0 Å². The number of carbonyl (C=O) groups is 1. The summed E-state index contributed by atoms with van der Waals surface area (Å²) in [6, 6.07) is 1.44. The van der Waals surface area contributed by atoms with Crippen molar-refractivity contribution in [1.29, 1.82) is 5.41 Å². The summed E-state index contributed by atoms with van der Waals surface area (Å²) in [5, 5.41) is 19.9. The number of aliphatic hydroxyl groups excluding tert-OH is 1. The number of anilines is 1. The molecule has 0 heterocycles. The molecule has 1 aromatic rings. The summed E-state index contributed by atoms with van der Waals surface area (Å²) < 4.78 is 19.8. The summed E-state index contributed by atoms with van der Waals surface area (Å²) in [7, 11) is 0. The van der Waals surface area contributed by atoms with Crippen molar-refractivity contribution in [2.45, 2.75) is 40.8 Å². The van der Waals surface area contributed by atoms with Gasteiger partial charge in [-0.15, -0.1) is 0 Å². The second kappa shape index (κ2) is 8.03. The number of halogens is 1. The molecule has 0 radical (unpaired) electrons. The zero-order chi connectivity index (χ0) is 18.6. The minimum atomic E-state index is -1.20. The maximum Gasteiger partial charge on any atom is 0.221 e. The van der Waals surface area contributed by atoms with E-state index in [1.807, 2.05) is 13.8 Å². The minimum absolute atomic E-state index is 0.0622. The molecule has 5 N–H and O–H groups in total. The van der Waals surface area contributed by atoms with Crippen molar-refractivity contribution >= 4 is 17.5 Å². The Balaban J connectivity index is 3.16. The molecule has 1 amide bonds. The fourth-order valence-electron chi connectivity index (χ4n) is 2.26. The molecule has 1 rings (SSSR count). The van der Waals surface area contributed by atoms with Gasteiger partial charge < -0.3 is 20.9 Å². The number of nitrogens with one attached hydrogen (secondary N) is 2. The van der Waals surface area contributed by atoms with Crippen molar-refractivity contribution in [2.75, 3.05) is 5.32 Å². The first kappa shape index (κ1) is 19.8. The standard InChI is InChI=1S/C17H24FN3O3/c1-8(2)12(17(20)23)7-14(19)24-16-9(3)6-13(21-11(5)22)15(18)10(16)4/h6-8,17,19,23H,20H2,1-5H3,(H,21,22)/b12-7-,19-14?. The van der Waals surface area contributed by atoms with E-state index in [0.29, 0.717) is 11.1 Å². The average molecular weight is 337 g/mol. The molecule has 7 heteroatoms. The smallest absolute Gasteiger partial charge is 0.221 e. The number of amides is 1. The molecule has 0 aromatic heterocycles. The Labute approximate surface area is 141 Å². The Morgan fingerprint density at radius 2 is 2.04 bits per heavy atom. The van der Waals surface area contributed by atoms with Gasteiger partial charge in [-0.3, -0.25) is 10.2 Å². The molecular weight excluding hydrogens is 313 g/mol. The Morgan fingerprint density at radius 1 is 1.46 bits per heavy atom. The van der Waals surface area contributed by atoms with Crippen molar-refractivity contribution in [3.05, 3.63) is 34.7 Å². The molecule has 0 fully saturated rings. The van der Waals surface area contributed by atoms with E-state index >= 15 is 0 Å². The molecule has 0 aliphatic rings. The highest BCUT2D eigenvalue weighted by Gasteiger charge is 2.17. The van der Waals surface area contributed by atoms with Gasteiger partial charge in [-0.2, -0.15) is 0 Å². The van der Waals surface area contributed by atoms with Gasteiger partial charge in [0.1, 0.15) is 12.0 Å². The molecule has 1 atom stereocenters. The lowest BCUT2D eigenvalue weighted by Gasteiger charge is -2.17. The summed E-state index contributed by atoms with van der Waals surface area (Å²) in [6.45, 7) is 8.13. The van der Waals surface area contributed by atoms with Gasteiger partial charge in [-0.1, -0.05) is 13.8 Å². The number of carbonyl (C=O) groups excluding carboxylic acids is 1. The first-order valence-electron chi connectivity index (χ1n) is 7.53. The average Bonchev–Trinajstić information content (AvgIpc) is 2.45. The zero-order valence-electron chi connectivity index (χ0n) is 14.5. The number of ether oxygens (including phenoxy) is 1. The van der Waals surface area contributed by atoms with Crippen LogP contribution in [0.25, 0.3) is 0 Å². The Hall–Kier alpha value is -2.25. The van der Waals surface area contributed by atoms with Crippen molar-refractivity contribution in [3.8, 4) is 5.75 Å². The third kappa shape index (κ3) is 4.87. The van der Waals surface area contributed by atoms with Crippen LogP contribution in [0.2, 0.25) is 0 Å². The topological polar surface area (TPSA) is 108 Å². The molecule has 0 aliphatic carbocycles. The lowest BCUT2D eigenvalue weighted by atomic mass is 10.0. The van der Waals surface area contributed by atoms with Crippen LogP contribution in [0.3, 0.4) is 0 Å². The molecule has 1 unspecified atom stereocenters. The third-order valence-corrected chi connectivity index (χ3v) is 3.45. The SMILES string of the molecule is CC(=O)Nc1cc(C)c(OC(=N)/C=C(/C(C)C)C(N)O)c(C)c1F. The molecule has 0 saturated heterocycles.